The molecule has 0 fully saturated rings. The Bertz CT molecular complexity index is 1240. The van der Waals surface area contributed by atoms with E-state index in [2.05, 4.69) is 5.32 Å². The molecule has 0 saturated heterocycles. The summed E-state index contributed by atoms with van der Waals surface area (Å²) in [6.45, 7) is 3.85. The first kappa shape index (κ1) is 23.1. The molecule has 6 nitrogen and oxygen atoms in total. The number of halogens is 1. The molecule has 4 rings (SSSR count). The minimum Gasteiger partial charge on any atom is -0.476 e. The van der Waals surface area contributed by atoms with Gasteiger partial charge in [0.25, 0.3) is 15.9 Å². The SMILES string of the molecule is CC[C@H](NC(=O)[C@@H]1CN(S(=O)(=O)c2ccc(Cl)cc2)c2ccccc2O1)c1ccc(C)cc1. The number of amides is 1. The van der Waals surface area contributed by atoms with Crippen LogP contribution in [0, 0.1) is 6.92 Å². The largest absolute Gasteiger partial charge is 0.476 e. The number of para-hydroxylation sites is 2. The smallest absolute Gasteiger partial charge is 0.264 e. The van der Waals surface area contributed by atoms with Crippen LogP contribution < -0.4 is 14.4 Å². The number of fused-ring (bicyclic) bond motifs is 1. The van der Waals surface area contributed by atoms with Crippen molar-refractivity contribution in [1.82, 2.24) is 5.32 Å². The van der Waals surface area contributed by atoms with Gasteiger partial charge in [-0.15, -0.1) is 0 Å². The van der Waals surface area contributed by atoms with Crippen molar-refractivity contribution >= 4 is 33.2 Å². The molecule has 0 bridgehead atoms. The van der Waals surface area contributed by atoms with E-state index in [1.54, 1.807) is 24.3 Å². The first-order valence-corrected chi connectivity index (χ1v) is 12.5. The third-order valence-electron chi connectivity index (χ3n) is 5.63. The Morgan fingerprint density at radius 1 is 1.09 bits per heavy atom. The Kier molecular flexibility index (Phi) is 6.63. The predicted molar refractivity (Wildman–Crippen MR) is 129 cm³/mol. The standard InChI is InChI=1S/C25H25ClN2O4S/c1-3-21(18-10-8-17(2)9-11-18)27-25(29)24-16-28(22-6-4-5-7-23(22)32-24)33(30,31)20-14-12-19(26)13-15-20/h4-15,21,24H,3,16H2,1-2H3,(H,27,29)/t21-,24-/m0/s1. The molecule has 1 amide bonds. The van der Waals surface area contributed by atoms with Crippen LogP contribution in [0.4, 0.5) is 5.69 Å². The molecular weight excluding hydrogens is 460 g/mol. The number of carbonyl (C=O) groups excluding carboxylic acids is 1. The Hall–Kier alpha value is -3.03. The number of sulfonamides is 1. The summed E-state index contributed by atoms with van der Waals surface area (Å²) in [7, 11) is -3.93. The van der Waals surface area contributed by atoms with Gasteiger partial charge in [-0.2, -0.15) is 0 Å². The molecular formula is C25H25ClN2O4S. The third-order valence-corrected chi connectivity index (χ3v) is 7.68. The number of hydrogen-bond acceptors (Lipinski definition) is 4. The molecule has 33 heavy (non-hydrogen) atoms. The van der Waals surface area contributed by atoms with Gasteiger partial charge in [-0.05, 0) is 55.3 Å². The van der Waals surface area contributed by atoms with E-state index in [1.807, 2.05) is 38.1 Å². The van der Waals surface area contributed by atoms with Crippen molar-refractivity contribution in [2.45, 2.75) is 37.3 Å². The quantitative estimate of drug-likeness (QED) is 0.541. The molecule has 1 heterocycles. The van der Waals surface area contributed by atoms with Crippen LogP contribution in [0.5, 0.6) is 5.75 Å². The van der Waals surface area contributed by atoms with Gasteiger partial charge in [0.2, 0.25) is 0 Å². The number of hydrogen-bond donors (Lipinski definition) is 1. The molecule has 8 heteroatoms. The van der Waals surface area contributed by atoms with E-state index < -0.39 is 16.1 Å². The Balaban J connectivity index is 1.62. The van der Waals surface area contributed by atoms with E-state index in [9.17, 15) is 13.2 Å². The van der Waals surface area contributed by atoms with Crippen molar-refractivity contribution in [3.8, 4) is 5.75 Å². The summed E-state index contributed by atoms with van der Waals surface area (Å²) in [6, 6.07) is 20.5. The highest BCUT2D eigenvalue weighted by molar-refractivity contribution is 7.92. The van der Waals surface area contributed by atoms with E-state index in [0.29, 0.717) is 22.9 Å². The minimum absolute atomic E-state index is 0.0915. The number of carbonyl (C=O) groups is 1. The van der Waals surface area contributed by atoms with E-state index >= 15 is 0 Å². The lowest BCUT2D eigenvalue weighted by atomic mass is 10.0. The maximum absolute atomic E-state index is 13.5. The van der Waals surface area contributed by atoms with E-state index in [1.165, 1.54) is 28.6 Å². The molecule has 0 aliphatic carbocycles. The lowest BCUT2D eigenvalue weighted by molar-refractivity contribution is -0.128. The number of aryl methyl sites for hydroxylation is 1. The van der Waals surface area contributed by atoms with Crippen molar-refractivity contribution in [3.05, 3.63) is 88.9 Å². The molecule has 0 radical (unpaired) electrons. The van der Waals surface area contributed by atoms with Crippen molar-refractivity contribution < 1.29 is 17.9 Å². The van der Waals surface area contributed by atoms with Gasteiger partial charge >= 0.3 is 0 Å². The maximum Gasteiger partial charge on any atom is 0.264 e. The zero-order valence-electron chi connectivity index (χ0n) is 18.4. The Morgan fingerprint density at radius 2 is 1.76 bits per heavy atom. The number of rotatable bonds is 6. The highest BCUT2D eigenvalue weighted by Gasteiger charge is 2.38. The molecule has 1 aliphatic heterocycles. The number of nitrogens with zero attached hydrogens (tertiary/aromatic N) is 1. The monoisotopic (exact) mass is 484 g/mol. The zero-order chi connectivity index (χ0) is 23.6. The first-order chi connectivity index (χ1) is 15.8. The van der Waals surface area contributed by atoms with Gasteiger partial charge in [-0.1, -0.05) is 60.5 Å². The van der Waals surface area contributed by atoms with Gasteiger partial charge in [-0.3, -0.25) is 9.10 Å². The van der Waals surface area contributed by atoms with Crippen LogP contribution in [-0.4, -0.2) is 27.0 Å². The van der Waals surface area contributed by atoms with E-state index in [4.69, 9.17) is 16.3 Å². The molecule has 0 saturated carbocycles. The van der Waals surface area contributed by atoms with Crippen molar-refractivity contribution in [3.63, 3.8) is 0 Å². The summed E-state index contributed by atoms with van der Waals surface area (Å²) in [5, 5.41) is 3.46. The first-order valence-electron chi connectivity index (χ1n) is 10.7. The average Bonchev–Trinajstić information content (AvgIpc) is 2.82. The van der Waals surface area contributed by atoms with E-state index in [-0.39, 0.29) is 23.4 Å². The molecule has 0 aromatic heterocycles. The number of benzene rings is 3. The molecule has 1 aliphatic rings. The number of nitrogens with one attached hydrogen (secondary N) is 1. The summed E-state index contributed by atoms with van der Waals surface area (Å²) < 4.78 is 34.1. The summed E-state index contributed by atoms with van der Waals surface area (Å²) in [5.74, 6) is -0.0296. The van der Waals surface area contributed by atoms with Gasteiger partial charge < -0.3 is 10.1 Å². The maximum atomic E-state index is 13.5. The zero-order valence-corrected chi connectivity index (χ0v) is 19.9. The van der Waals surface area contributed by atoms with Gasteiger partial charge in [0.1, 0.15) is 5.75 Å². The average molecular weight is 485 g/mol. The predicted octanol–water partition coefficient (Wildman–Crippen LogP) is 4.87. The topological polar surface area (TPSA) is 75.7 Å². The Labute approximate surface area is 199 Å². The van der Waals surface area contributed by atoms with Crippen molar-refractivity contribution in [2.75, 3.05) is 10.8 Å². The second kappa shape index (κ2) is 9.45. The van der Waals surface area contributed by atoms with E-state index in [0.717, 1.165) is 11.1 Å². The fourth-order valence-corrected chi connectivity index (χ4v) is 5.39. The molecule has 3 aromatic rings. The number of ether oxygens (including phenoxy) is 1. The van der Waals surface area contributed by atoms with Crippen LogP contribution in [0.15, 0.2) is 77.7 Å². The van der Waals surface area contributed by atoms with Crippen LogP contribution in [-0.2, 0) is 14.8 Å². The van der Waals surface area contributed by atoms with Crippen LogP contribution >= 0.6 is 11.6 Å². The Morgan fingerprint density at radius 3 is 2.42 bits per heavy atom. The van der Waals surface area contributed by atoms with Crippen LogP contribution in [0.2, 0.25) is 5.02 Å². The van der Waals surface area contributed by atoms with Crippen molar-refractivity contribution in [1.29, 1.82) is 0 Å². The third kappa shape index (κ3) is 4.84. The normalized spacial score (nSPS) is 16.5. The second-order valence-corrected chi connectivity index (χ2v) is 10.2. The molecule has 172 valence electrons. The summed E-state index contributed by atoms with van der Waals surface area (Å²) in [5.41, 5.74) is 2.51. The molecule has 0 spiro atoms. The molecule has 3 aromatic carbocycles. The lowest BCUT2D eigenvalue weighted by Crippen LogP contribution is -2.51. The van der Waals surface area contributed by atoms with Crippen LogP contribution in [0.1, 0.15) is 30.5 Å². The van der Waals surface area contributed by atoms with Gasteiger partial charge in [-0.25, -0.2) is 8.42 Å². The highest BCUT2D eigenvalue weighted by Crippen LogP contribution is 2.37. The lowest BCUT2D eigenvalue weighted by Gasteiger charge is -2.35. The summed E-state index contributed by atoms with van der Waals surface area (Å²) in [6.07, 6.45) is -0.313. The highest BCUT2D eigenvalue weighted by atomic mass is 35.5. The summed E-state index contributed by atoms with van der Waals surface area (Å²) in [4.78, 5) is 13.3. The summed E-state index contributed by atoms with van der Waals surface area (Å²) >= 11 is 5.93. The van der Waals surface area contributed by atoms with Crippen LogP contribution in [0.3, 0.4) is 0 Å². The fourth-order valence-electron chi connectivity index (χ4n) is 3.78. The van der Waals surface area contributed by atoms with Gasteiger partial charge in [0, 0.05) is 5.02 Å². The number of anilines is 1. The fraction of sp³-hybridized carbons (Fsp3) is 0.240. The molecule has 0 unspecified atom stereocenters. The minimum atomic E-state index is -3.93. The van der Waals surface area contributed by atoms with Crippen molar-refractivity contribution in [2.24, 2.45) is 0 Å². The van der Waals surface area contributed by atoms with Gasteiger partial charge in [0.15, 0.2) is 6.10 Å². The molecule has 1 N–H and O–H groups in total. The van der Waals surface area contributed by atoms with Gasteiger partial charge in [0.05, 0.1) is 23.2 Å². The van der Waals surface area contributed by atoms with Crippen LogP contribution in [0.25, 0.3) is 0 Å². The second-order valence-electron chi connectivity index (χ2n) is 7.94. The molecule has 2 atom stereocenters.